The van der Waals surface area contributed by atoms with E-state index in [4.69, 9.17) is 13.9 Å². The number of ether oxygens (including phenoxy) is 2. The highest BCUT2D eigenvalue weighted by atomic mass is 16.5. The Labute approximate surface area is 174 Å². The monoisotopic (exact) mass is 415 g/mol. The first kappa shape index (κ1) is 21.2. The molecule has 1 fully saturated rings. The summed E-state index contributed by atoms with van der Waals surface area (Å²) < 4.78 is 16.0. The van der Waals surface area contributed by atoms with Crippen LogP contribution in [0.2, 0.25) is 0 Å². The number of rotatable bonds is 7. The number of urea groups is 1. The van der Waals surface area contributed by atoms with Gasteiger partial charge in [0.1, 0.15) is 5.76 Å². The van der Waals surface area contributed by atoms with Crippen molar-refractivity contribution in [1.82, 2.24) is 14.7 Å². The van der Waals surface area contributed by atoms with Crippen LogP contribution in [0, 0.1) is 0 Å². The first-order valence-corrected chi connectivity index (χ1v) is 9.61. The van der Waals surface area contributed by atoms with Crippen LogP contribution in [0.15, 0.2) is 41.0 Å². The van der Waals surface area contributed by atoms with Crippen molar-refractivity contribution in [3.8, 4) is 11.5 Å². The predicted octanol–water partition coefficient (Wildman–Crippen LogP) is 2.11. The standard InChI is InChI=1S/C21H25N3O6/c1-4-22-9-10-24(20(26)19(22)25)21(27)23(14-16-6-5-11-30-16)13-15-7-8-17(28-2)18(12-15)29-3/h5-8,11-12H,4,9-10,13-14H2,1-3H3. The zero-order valence-corrected chi connectivity index (χ0v) is 17.3. The second-order valence-corrected chi connectivity index (χ2v) is 6.75. The van der Waals surface area contributed by atoms with Crippen LogP contribution in [0.4, 0.5) is 4.79 Å². The largest absolute Gasteiger partial charge is 0.493 e. The Bertz CT molecular complexity index is 911. The van der Waals surface area contributed by atoms with E-state index in [9.17, 15) is 14.4 Å². The summed E-state index contributed by atoms with van der Waals surface area (Å²) in [5, 5.41) is 0. The maximum absolute atomic E-state index is 13.2. The number of amides is 4. The number of nitrogens with zero attached hydrogens (tertiary/aromatic N) is 3. The number of hydrogen-bond acceptors (Lipinski definition) is 6. The topological polar surface area (TPSA) is 92.5 Å². The molecule has 0 spiro atoms. The van der Waals surface area contributed by atoms with Crippen LogP contribution in [-0.2, 0) is 22.7 Å². The van der Waals surface area contributed by atoms with Gasteiger partial charge in [-0.15, -0.1) is 0 Å². The molecule has 4 amide bonds. The summed E-state index contributed by atoms with van der Waals surface area (Å²) >= 11 is 0. The maximum atomic E-state index is 13.2. The van der Waals surface area contributed by atoms with Crippen molar-refractivity contribution < 1.29 is 28.3 Å². The molecule has 3 rings (SSSR count). The Hall–Kier alpha value is -3.49. The summed E-state index contributed by atoms with van der Waals surface area (Å²) in [4.78, 5) is 41.9. The highest BCUT2D eigenvalue weighted by Crippen LogP contribution is 2.28. The van der Waals surface area contributed by atoms with Crippen molar-refractivity contribution in [2.45, 2.75) is 20.0 Å². The number of benzene rings is 1. The van der Waals surface area contributed by atoms with Crippen LogP contribution in [0.5, 0.6) is 11.5 Å². The van der Waals surface area contributed by atoms with Crippen LogP contribution in [0.3, 0.4) is 0 Å². The lowest BCUT2D eigenvalue weighted by Gasteiger charge is -2.35. The summed E-state index contributed by atoms with van der Waals surface area (Å²) in [6.07, 6.45) is 1.52. The quantitative estimate of drug-likeness (QED) is 0.643. The van der Waals surface area contributed by atoms with E-state index in [-0.39, 0.29) is 19.6 Å². The fraction of sp³-hybridized carbons (Fsp3) is 0.381. The Morgan fingerprint density at radius 3 is 2.47 bits per heavy atom. The third-order valence-corrected chi connectivity index (χ3v) is 4.94. The number of hydrogen-bond donors (Lipinski definition) is 0. The lowest BCUT2D eigenvalue weighted by atomic mass is 10.2. The Balaban J connectivity index is 1.85. The average molecular weight is 415 g/mol. The Kier molecular flexibility index (Phi) is 6.61. The molecule has 0 radical (unpaired) electrons. The maximum Gasteiger partial charge on any atom is 0.327 e. The number of piperazine rings is 1. The molecule has 0 aliphatic carbocycles. The molecule has 160 valence electrons. The van der Waals surface area contributed by atoms with Gasteiger partial charge in [0, 0.05) is 26.2 Å². The lowest BCUT2D eigenvalue weighted by Crippen LogP contribution is -2.58. The number of imide groups is 1. The van der Waals surface area contributed by atoms with Gasteiger partial charge in [0.2, 0.25) is 0 Å². The van der Waals surface area contributed by atoms with Crippen LogP contribution in [0.1, 0.15) is 18.2 Å². The third-order valence-electron chi connectivity index (χ3n) is 4.94. The van der Waals surface area contributed by atoms with Crippen molar-refractivity contribution in [2.24, 2.45) is 0 Å². The molecule has 1 aliphatic rings. The minimum atomic E-state index is -0.815. The predicted molar refractivity (Wildman–Crippen MR) is 107 cm³/mol. The van der Waals surface area contributed by atoms with Crippen LogP contribution in [-0.4, -0.2) is 66.4 Å². The second-order valence-electron chi connectivity index (χ2n) is 6.75. The Morgan fingerprint density at radius 2 is 1.83 bits per heavy atom. The molecular formula is C21H25N3O6. The SMILES string of the molecule is CCN1CCN(C(=O)N(Cc2ccc(OC)c(OC)c2)Cc2ccco2)C(=O)C1=O. The molecular weight excluding hydrogens is 390 g/mol. The summed E-state index contributed by atoms with van der Waals surface area (Å²) in [7, 11) is 3.08. The van der Waals surface area contributed by atoms with E-state index in [0.29, 0.717) is 30.3 Å². The summed E-state index contributed by atoms with van der Waals surface area (Å²) in [6.45, 7) is 3.03. The first-order chi connectivity index (χ1) is 14.5. The highest BCUT2D eigenvalue weighted by Gasteiger charge is 2.37. The molecule has 1 aromatic carbocycles. The zero-order valence-electron chi connectivity index (χ0n) is 17.3. The van der Waals surface area contributed by atoms with Gasteiger partial charge >= 0.3 is 17.8 Å². The summed E-state index contributed by atoms with van der Waals surface area (Å²) in [5.74, 6) is 0.186. The van der Waals surface area contributed by atoms with Crippen molar-refractivity contribution in [3.05, 3.63) is 47.9 Å². The lowest BCUT2D eigenvalue weighted by molar-refractivity contribution is -0.154. The van der Waals surface area contributed by atoms with Crippen LogP contribution < -0.4 is 9.47 Å². The minimum absolute atomic E-state index is 0.148. The van der Waals surface area contributed by atoms with Gasteiger partial charge in [0.15, 0.2) is 11.5 Å². The molecule has 0 bridgehead atoms. The third kappa shape index (κ3) is 4.40. The van der Waals surface area contributed by atoms with E-state index < -0.39 is 17.8 Å². The molecule has 30 heavy (non-hydrogen) atoms. The van der Waals surface area contributed by atoms with Gasteiger partial charge in [-0.3, -0.25) is 14.5 Å². The molecule has 9 nitrogen and oxygen atoms in total. The average Bonchev–Trinajstić information content (AvgIpc) is 3.27. The van der Waals surface area contributed by atoms with Crippen molar-refractivity contribution >= 4 is 17.8 Å². The van der Waals surface area contributed by atoms with Gasteiger partial charge in [-0.2, -0.15) is 0 Å². The summed E-state index contributed by atoms with van der Waals surface area (Å²) in [6, 6.07) is 8.25. The van der Waals surface area contributed by atoms with E-state index in [0.717, 1.165) is 10.5 Å². The number of methoxy groups -OCH3 is 2. The summed E-state index contributed by atoms with van der Waals surface area (Å²) in [5.41, 5.74) is 0.776. The normalized spacial score (nSPS) is 14.1. The molecule has 0 unspecified atom stereocenters. The molecule has 0 atom stereocenters. The molecule has 1 aromatic heterocycles. The fourth-order valence-electron chi connectivity index (χ4n) is 3.31. The molecule has 1 aliphatic heterocycles. The molecule has 2 heterocycles. The first-order valence-electron chi connectivity index (χ1n) is 9.61. The zero-order chi connectivity index (χ0) is 21.7. The van der Waals surface area contributed by atoms with E-state index in [2.05, 4.69) is 0 Å². The van der Waals surface area contributed by atoms with Gasteiger partial charge in [-0.25, -0.2) is 4.79 Å². The smallest absolute Gasteiger partial charge is 0.327 e. The Morgan fingerprint density at radius 1 is 1.07 bits per heavy atom. The minimum Gasteiger partial charge on any atom is -0.493 e. The molecule has 0 N–H and O–H groups in total. The molecule has 2 aromatic rings. The van der Waals surface area contributed by atoms with Gasteiger partial charge in [0.05, 0.1) is 27.0 Å². The molecule has 9 heteroatoms. The van der Waals surface area contributed by atoms with E-state index in [1.807, 2.05) is 6.07 Å². The molecule has 1 saturated heterocycles. The van der Waals surface area contributed by atoms with E-state index in [1.54, 1.807) is 38.3 Å². The van der Waals surface area contributed by atoms with Crippen molar-refractivity contribution in [3.63, 3.8) is 0 Å². The molecule has 0 saturated carbocycles. The van der Waals surface area contributed by atoms with Gasteiger partial charge < -0.3 is 23.7 Å². The second kappa shape index (κ2) is 9.34. The fourth-order valence-corrected chi connectivity index (χ4v) is 3.31. The van der Waals surface area contributed by atoms with Gasteiger partial charge in [-0.05, 0) is 36.8 Å². The van der Waals surface area contributed by atoms with Crippen molar-refractivity contribution in [1.29, 1.82) is 0 Å². The van der Waals surface area contributed by atoms with Crippen LogP contribution in [0.25, 0.3) is 0 Å². The number of carbonyl (C=O) groups is 3. The number of likely N-dealkylation sites (N-methyl/N-ethyl adjacent to an activating group) is 1. The highest BCUT2D eigenvalue weighted by molar-refractivity contribution is 6.38. The van der Waals surface area contributed by atoms with E-state index >= 15 is 0 Å². The number of furan rings is 1. The number of carbonyl (C=O) groups excluding carboxylic acids is 3. The van der Waals surface area contributed by atoms with Crippen molar-refractivity contribution in [2.75, 3.05) is 33.9 Å². The van der Waals surface area contributed by atoms with E-state index in [1.165, 1.54) is 23.2 Å². The van der Waals surface area contributed by atoms with Crippen LogP contribution >= 0.6 is 0 Å². The van der Waals surface area contributed by atoms with Gasteiger partial charge in [0.25, 0.3) is 0 Å². The van der Waals surface area contributed by atoms with Gasteiger partial charge in [-0.1, -0.05) is 6.07 Å².